The minimum Gasteiger partial charge on any atom is -0.203 e. The highest BCUT2D eigenvalue weighted by Gasteiger charge is 2.26. The van der Waals surface area contributed by atoms with Gasteiger partial charge in [0.25, 0.3) is 0 Å². The van der Waals surface area contributed by atoms with Crippen molar-refractivity contribution in [1.29, 1.82) is 0 Å². The molecule has 0 N–H and O–H groups in total. The van der Waals surface area contributed by atoms with Gasteiger partial charge in [0, 0.05) is 0 Å². The van der Waals surface area contributed by atoms with Gasteiger partial charge in [-0.25, -0.2) is 8.78 Å². The first-order chi connectivity index (χ1) is 16.5. The summed E-state index contributed by atoms with van der Waals surface area (Å²) in [5.41, 5.74) is 3.98. The first-order valence-electron chi connectivity index (χ1n) is 14.1. The van der Waals surface area contributed by atoms with E-state index in [0.29, 0.717) is 17.0 Å². The molecule has 0 spiro atoms. The van der Waals surface area contributed by atoms with Crippen molar-refractivity contribution in [1.82, 2.24) is 0 Å². The zero-order chi connectivity index (χ0) is 23.9. The molecule has 0 heterocycles. The molecule has 0 radical (unpaired) electrons. The summed E-state index contributed by atoms with van der Waals surface area (Å²) < 4.78 is 28.4. The lowest BCUT2D eigenvalue weighted by Gasteiger charge is -2.29. The van der Waals surface area contributed by atoms with Crippen LogP contribution in [-0.4, -0.2) is 0 Å². The summed E-state index contributed by atoms with van der Waals surface area (Å²) in [5, 5.41) is 0. The monoisotopic (exact) mass is 466 g/mol. The van der Waals surface area contributed by atoms with Crippen LogP contribution in [-0.2, 0) is 6.42 Å². The fourth-order valence-corrected chi connectivity index (χ4v) is 6.53. The minimum absolute atomic E-state index is 0.173. The van der Waals surface area contributed by atoms with E-state index in [2.05, 4.69) is 31.2 Å². The molecule has 0 nitrogen and oxygen atoms in total. The molecule has 2 aromatic carbocycles. The van der Waals surface area contributed by atoms with Crippen molar-refractivity contribution in [2.24, 2.45) is 11.8 Å². The Morgan fingerprint density at radius 2 is 1.29 bits per heavy atom. The molecule has 0 saturated heterocycles. The molecule has 2 fully saturated rings. The Morgan fingerprint density at radius 1 is 0.676 bits per heavy atom. The predicted molar refractivity (Wildman–Crippen MR) is 139 cm³/mol. The van der Waals surface area contributed by atoms with Gasteiger partial charge in [0.15, 0.2) is 11.6 Å². The molecule has 4 rings (SSSR count). The van der Waals surface area contributed by atoms with Gasteiger partial charge in [-0.05, 0) is 117 Å². The van der Waals surface area contributed by atoms with E-state index in [4.69, 9.17) is 0 Å². The van der Waals surface area contributed by atoms with Crippen LogP contribution >= 0.6 is 0 Å². The van der Waals surface area contributed by atoms with Crippen molar-refractivity contribution >= 4 is 0 Å². The first-order valence-corrected chi connectivity index (χ1v) is 14.1. The van der Waals surface area contributed by atoms with E-state index in [-0.39, 0.29) is 5.92 Å². The van der Waals surface area contributed by atoms with Gasteiger partial charge in [-0.3, -0.25) is 0 Å². The molecule has 34 heavy (non-hydrogen) atoms. The molecule has 2 heteroatoms. The quantitative estimate of drug-likeness (QED) is 0.322. The second-order valence-electron chi connectivity index (χ2n) is 11.3. The molecular weight excluding hydrogens is 422 g/mol. The molecule has 0 unspecified atom stereocenters. The number of halogens is 2. The summed E-state index contributed by atoms with van der Waals surface area (Å²) in [4.78, 5) is 0. The Kier molecular flexibility index (Phi) is 9.20. The molecule has 0 atom stereocenters. The van der Waals surface area contributed by atoms with Gasteiger partial charge in [0.05, 0.1) is 0 Å². The maximum absolute atomic E-state index is 14.4. The van der Waals surface area contributed by atoms with Crippen LogP contribution in [0.1, 0.15) is 124 Å². The van der Waals surface area contributed by atoms with Crippen LogP contribution in [0.5, 0.6) is 0 Å². The average molecular weight is 467 g/mol. The summed E-state index contributed by atoms with van der Waals surface area (Å²) in [6.07, 6.45) is 17.7. The van der Waals surface area contributed by atoms with Gasteiger partial charge in [0.1, 0.15) is 0 Å². The van der Waals surface area contributed by atoms with Crippen LogP contribution in [0.25, 0.3) is 0 Å². The van der Waals surface area contributed by atoms with Crippen LogP contribution in [0.15, 0.2) is 36.4 Å². The van der Waals surface area contributed by atoms with E-state index >= 15 is 0 Å². The van der Waals surface area contributed by atoms with Crippen LogP contribution in [0.3, 0.4) is 0 Å². The van der Waals surface area contributed by atoms with Gasteiger partial charge in [0.2, 0.25) is 0 Å². The van der Waals surface area contributed by atoms with E-state index in [9.17, 15) is 8.78 Å². The molecule has 2 aliphatic rings. The van der Waals surface area contributed by atoms with Gasteiger partial charge in [-0.2, -0.15) is 0 Å². The van der Waals surface area contributed by atoms with E-state index in [0.717, 1.165) is 43.9 Å². The number of benzene rings is 2. The van der Waals surface area contributed by atoms with Crippen LogP contribution in [0.4, 0.5) is 8.78 Å². The number of rotatable bonds is 9. The second kappa shape index (κ2) is 12.3. The van der Waals surface area contributed by atoms with E-state index in [1.807, 2.05) is 0 Å². The molecule has 186 valence electrons. The largest absolute Gasteiger partial charge is 0.203 e. The topological polar surface area (TPSA) is 0 Å². The number of hydrogen-bond acceptors (Lipinski definition) is 0. The normalized spacial score (nSPS) is 25.4. The highest BCUT2D eigenvalue weighted by atomic mass is 19.2. The lowest BCUT2D eigenvalue weighted by Crippen LogP contribution is -2.15. The van der Waals surface area contributed by atoms with Crippen LogP contribution in [0.2, 0.25) is 0 Å². The Morgan fingerprint density at radius 3 is 1.94 bits per heavy atom. The highest BCUT2D eigenvalue weighted by Crippen LogP contribution is 2.40. The second-order valence-corrected chi connectivity index (χ2v) is 11.3. The molecule has 2 saturated carbocycles. The molecule has 0 bridgehead atoms. The van der Waals surface area contributed by atoms with E-state index < -0.39 is 11.6 Å². The highest BCUT2D eigenvalue weighted by molar-refractivity contribution is 5.29. The standard InChI is InChI=1S/C32H44F2/c1-3-4-5-6-24-10-16-27(17-11-24)28-18-12-25(13-19-28)8-9-26-14-20-29(21-15-26)30-22-7-23(2)31(33)32(30)34/h7,12-13,18-19,22,24,26-27,29H,3-6,8-11,14-17,20-21H2,1-2H3. The SMILES string of the molecule is CCCCCC1CCC(c2ccc(CCC3CCC(c4ccc(C)c(F)c4F)CC3)cc2)CC1. The number of hydrogen-bond donors (Lipinski definition) is 0. The zero-order valence-corrected chi connectivity index (χ0v) is 21.4. The summed E-state index contributed by atoms with van der Waals surface area (Å²) >= 11 is 0. The maximum atomic E-state index is 14.4. The maximum Gasteiger partial charge on any atom is 0.162 e. The third-order valence-electron chi connectivity index (χ3n) is 8.95. The van der Waals surface area contributed by atoms with Gasteiger partial charge in [-0.1, -0.05) is 69.0 Å². The summed E-state index contributed by atoms with van der Waals surface area (Å²) in [6.45, 7) is 3.93. The Balaban J connectivity index is 1.19. The van der Waals surface area contributed by atoms with Crippen molar-refractivity contribution in [3.05, 3.63) is 70.3 Å². The minimum atomic E-state index is -0.664. The summed E-state index contributed by atoms with van der Waals surface area (Å²) in [5.74, 6) is 1.33. The van der Waals surface area contributed by atoms with Crippen molar-refractivity contribution in [2.75, 3.05) is 0 Å². The van der Waals surface area contributed by atoms with Crippen LogP contribution in [0, 0.1) is 30.4 Å². The molecular formula is C32H44F2. The predicted octanol–water partition coefficient (Wildman–Crippen LogP) is 10.0. The average Bonchev–Trinajstić information content (AvgIpc) is 2.88. The summed E-state index contributed by atoms with van der Waals surface area (Å²) in [6, 6.07) is 13.0. The molecule has 0 aromatic heterocycles. The Bertz CT molecular complexity index is 884. The fourth-order valence-electron chi connectivity index (χ4n) is 6.53. The van der Waals surface area contributed by atoms with Gasteiger partial charge >= 0.3 is 0 Å². The number of unbranched alkanes of at least 4 members (excludes halogenated alkanes) is 2. The summed E-state index contributed by atoms with van der Waals surface area (Å²) in [7, 11) is 0. The van der Waals surface area contributed by atoms with Gasteiger partial charge in [-0.15, -0.1) is 0 Å². The fraction of sp³-hybridized carbons (Fsp3) is 0.625. The Hall–Kier alpha value is -1.70. The lowest BCUT2D eigenvalue weighted by molar-refractivity contribution is 0.302. The molecule has 0 aliphatic heterocycles. The van der Waals surface area contributed by atoms with Crippen LogP contribution < -0.4 is 0 Å². The lowest BCUT2D eigenvalue weighted by atomic mass is 9.76. The van der Waals surface area contributed by atoms with Crippen molar-refractivity contribution in [2.45, 2.75) is 116 Å². The molecule has 0 amide bonds. The number of aryl methyl sites for hydroxylation is 2. The Labute approximate surface area is 206 Å². The van der Waals surface area contributed by atoms with E-state index in [1.54, 1.807) is 24.6 Å². The van der Waals surface area contributed by atoms with E-state index in [1.165, 1.54) is 63.4 Å². The molecule has 2 aromatic rings. The third kappa shape index (κ3) is 6.49. The molecule has 2 aliphatic carbocycles. The first kappa shape index (κ1) is 25.4. The van der Waals surface area contributed by atoms with Crippen molar-refractivity contribution in [3.63, 3.8) is 0 Å². The third-order valence-corrected chi connectivity index (χ3v) is 8.95. The van der Waals surface area contributed by atoms with Gasteiger partial charge < -0.3 is 0 Å². The zero-order valence-electron chi connectivity index (χ0n) is 21.4. The smallest absolute Gasteiger partial charge is 0.162 e. The van der Waals surface area contributed by atoms with Crippen molar-refractivity contribution < 1.29 is 8.78 Å². The van der Waals surface area contributed by atoms with Crippen molar-refractivity contribution in [3.8, 4) is 0 Å².